The molecule has 160 valence electrons. The molecule has 5 rings (SSSR count). The van der Waals surface area contributed by atoms with Crippen molar-refractivity contribution >= 4 is 5.91 Å². The van der Waals surface area contributed by atoms with Crippen LogP contribution in [0.2, 0.25) is 0 Å². The van der Waals surface area contributed by atoms with Crippen LogP contribution in [-0.4, -0.2) is 16.5 Å². The molecule has 1 aromatic heterocycles. The second-order valence-corrected chi connectivity index (χ2v) is 9.41. The van der Waals surface area contributed by atoms with Crippen LogP contribution in [0.4, 0.5) is 0 Å². The van der Waals surface area contributed by atoms with Gasteiger partial charge < -0.3 is 9.88 Å². The fourth-order valence-corrected chi connectivity index (χ4v) is 5.31. The zero-order chi connectivity index (χ0) is 21.2. The van der Waals surface area contributed by atoms with E-state index in [9.17, 15) is 4.79 Å². The SMILES string of the molecule is C[C@H]1CCc2c(cc(-c3ccccc3)n2-c2ccc(C(=O)NC3CCCCC3)cc2)C1. The first-order chi connectivity index (χ1) is 15.2. The van der Waals surface area contributed by atoms with Gasteiger partial charge in [0.05, 0.1) is 5.69 Å². The number of fused-ring (bicyclic) bond motifs is 1. The molecule has 2 aliphatic carbocycles. The Bertz CT molecular complexity index is 1040. The number of nitrogens with one attached hydrogen (secondary N) is 1. The largest absolute Gasteiger partial charge is 0.349 e. The molecule has 0 aliphatic heterocycles. The summed E-state index contributed by atoms with van der Waals surface area (Å²) in [5, 5.41) is 3.24. The van der Waals surface area contributed by atoms with Crippen molar-refractivity contribution in [1.29, 1.82) is 0 Å². The Morgan fingerprint density at radius 2 is 1.68 bits per heavy atom. The highest BCUT2D eigenvalue weighted by Crippen LogP contribution is 2.35. The number of carbonyl (C=O) groups is 1. The summed E-state index contributed by atoms with van der Waals surface area (Å²) in [5.74, 6) is 0.794. The summed E-state index contributed by atoms with van der Waals surface area (Å²) in [6.07, 6.45) is 9.44. The van der Waals surface area contributed by atoms with Gasteiger partial charge in [-0.25, -0.2) is 0 Å². The molecular weight excluding hydrogens is 380 g/mol. The van der Waals surface area contributed by atoms with E-state index in [1.807, 2.05) is 12.1 Å². The summed E-state index contributed by atoms with van der Waals surface area (Å²) in [5.41, 5.74) is 7.28. The summed E-state index contributed by atoms with van der Waals surface area (Å²) in [7, 11) is 0. The van der Waals surface area contributed by atoms with Crippen LogP contribution >= 0.6 is 0 Å². The van der Waals surface area contributed by atoms with E-state index in [0.29, 0.717) is 6.04 Å². The number of hydrogen-bond donors (Lipinski definition) is 1. The fraction of sp³-hybridized carbons (Fsp3) is 0.393. The lowest BCUT2D eigenvalue weighted by atomic mass is 9.89. The van der Waals surface area contributed by atoms with Crippen LogP contribution in [0.15, 0.2) is 60.7 Å². The van der Waals surface area contributed by atoms with Crippen molar-refractivity contribution in [2.24, 2.45) is 5.92 Å². The average molecular weight is 413 g/mol. The second-order valence-electron chi connectivity index (χ2n) is 9.41. The van der Waals surface area contributed by atoms with E-state index in [2.05, 4.69) is 65.3 Å². The summed E-state index contributed by atoms with van der Waals surface area (Å²) in [6.45, 7) is 2.35. The topological polar surface area (TPSA) is 34.0 Å². The Balaban J connectivity index is 1.46. The Hall–Kier alpha value is -2.81. The van der Waals surface area contributed by atoms with Gasteiger partial charge in [0.15, 0.2) is 0 Å². The maximum Gasteiger partial charge on any atom is 0.251 e. The highest BCUT2D eigenvalue weighted by Gasteiger charge is 2.23. The van der Waals surface area contributed by atoms with Gasteiger partial charge in [0, 0.05) is 23.0 Å². The monoisotopic (exact) mass is 412 g/mol. The molecule has 1 amide bonds. The Morgan fingerprint density at radius 1 is 0.935 bits per heavy atom. The molecule has 0 bridgehead atoms. The molecule has 0 radical (unpaired) electrons. The van der Waals surface area contributed by atoms with Gasteiger partial charge >= 0.3 is 0 Å². The second kappa shape index (κ2) is 8.74. The minimum atomic E-state index is 0.0603. The smallest absolute Gasteiger partial charge is 0.251 e. The molecule has 1 heterocycles. The quantitative estimate of drug-likeness (QED) is 0.534. The normalized spacial score (nSPS) is 19.1. The van der Waals surface area contributed by atoms with Crippen LogP contribution in [-0.2, 0) is 12.8 Å². The van der Waals surface area contributed by atoms with Crippen LogP contribution < -0.4 is 5.32 Å². The first-order valence-corrected chi connectivity index (χ1v) is 11.9. The molecule has 31 heavy (non-hydrogen) atoms. The maximum absolute atomic E-state index is 12.7. The van der Waals surface area contributed by atoms with Gasteiger partial charge in [0.25, 0.3) is 5.91 Å². The van der Waals surface area contributed by atoms with Gasteiger partial charge in [0.2, 0.25) is 0 Å². The van der Waals surface area contributed by atoms with E-state index >= 15 is 0 Å². The Labute approximate surface area is 185 Å². The zero-order valence-corrected chi connectivity index (χ0v) is 18.4. The number of benzene rings is 2. The van der Waals surface area contributed by atoms with Crippen molar-refractivity contribution in [3.8, 4) is 16.9 Å². The molecule has 1 fully saturated rings. The van der Waals surface area contributed by atoms with E-state index in [0.717, 1.165) is 42.9 Å². The number of carbonyl (C=O) groups excluding carboxylic acids is 1. The highest BCUT2D eigenvalue weighted by molar-refractivity contribution is 5.94. The fourth-order valence-electron chi connectivity index (χ4n) is 5.31. The molecule has 3 nitrogen and oxygen atoms in total. The summed E-state index contributed by atoms with van der Waals surface area (Å²) in [6, 6.07) is 21.6. The van der Waals surface area contributed by atoms with Gasteiger partial charge in [0.1, 0.15) is 0 Å². The number of rotatable bonds is 4. The van der Waals surface area contributed by atoms with Crippen LogP contribution in [0.1, 0.15) is 67.1 Å². The molecule has 2 aliphatic rings. The molecule has 0 unspecified atom stereocenters. The Morgan fingerprint density at radius 3 is 2.42 bits per heavy atom. The minimum absolute atomic E-state index is 0.0603. The average Bonchev–Trinajstić information content (AvgIpc) is 3.19. The van der Waals surface area contributed by atoms with Crippen molar-refractivity contribution in [3.05, 3.63) is 77.5 Å². The predicted molar refractivity (Wildman–Crippen MR) is 127 cm³/mol. The van der Waals surface area contributed by atoms with Crippen molar-refractivity contribution in [1.82, 2.24) is 9.88 Å². The molecule has 1 N–H and O–H groups in total. The van der Waals surface area contributed by atoms with Crippen LogP contribution in [0.5, 0.6) is 0 Å². The third-order valence-corrected chi connectivity index (χ3v) is 7.03. The van der Waals surface area contributed by atoms with E-state index in [1.54, 1.807) is 0 Å². The molecule has 0 spiro atoms. The molecular formula is C28H32N2O. The summed E-state index contributed by atoms with van der Waals surface area (Å²) >= 11 is 0. The minimum Gasteiger partial charge on any atom is -0.349 e. The highest BCUT2D eigenvalue weighted by atomic mass is 16.1. The molecule has 2 aromatic carbocycles. The lowest BCUT2D eigenvalue weighted by Crippen LogP contribution is -2.36. The number of nitrogens with zero attached hydrogens (tertiary/aromatic N) is 1. The van der Waals surface area contributed by atoms with Crippen molar-refractivity contribution < 1.29 is 4.79 Å². The van der Waals surface area contributed by atoms with Crippen molar-refractivity contribution in [2.75, 3.05) is 0 Å². The van der Waals surface area contributed by atoms with E-state index in [1.165, 1.54) is 48.2 Å². The standard InChI is InChI=1S/C28H32N2O/c1-20-12-17-26-23(18-20)19-27(21-8-4-2-5-9-21)30(26)25-15-13-22(14-16-25)28(31)29-24-10-6-3-7-11-24/h2,4-5,8-9,13-16,19-20,24H,3,6-7,10-12,17-18H2,1H3,(H,29,31)/t20-/m0/s1. The van der Waals surface area contributed by atoms with Crippen LogP contribution in [0.3, 0.4) is 0 Å². The third-order valence-electron chi connectivity index (χ3n) is 7.03. The lowest BCUT2D eigenvalue weighted by molar-refractivity contribution is 0.0927. The van der Waals surface area contributed by atoms with E-state index in [-0.39, 0.29) is 5.91 Å². The van der Waals surface area contributed by atoms with Gasteiger partial charge in [-0.1, -0.05) is 56.5 Å². The molecule has 3 heteroatoms. The van der Waals surface area contributed by atoms with Crippen molar-refractivity contribution in [2.45, 2.75) is 64.3 Å². The number of aromatic nitrogens is 1. The zero-order valence-electron chi connectivity index (χ0n) is 18.4. The number of amides is 1. The van der Waals surface area contributed by atoms with E-state index in [4.69, 9.17) is 0 Å². The summed E-state index contributed by atoms with van der Waals surface area (Å²) in [4.78, 5) is 12.7. The lowest BCUT2D eigenvalue weighted by Gasteiger charge is -2.23. The number of hydrogen-bond acceptors (Lipinski definition) is 1. The first-order valence-electron chi connectivity index (χ1n) is 11.9. The molecule has 1 saturated carbocycles. The molecule has 0 saturated heterocycles. The van der Waals surface area contributed by atoms with Crippen molar-refractivity contribution in [3.63, 3.8) is 0 Å². The van der Waals surface area contributed by atoms with Gasteiger partial charge in [-0.15, -0.1) is 0 Å². The molecule has 1 atom stereocenters. The predicted octanol–water partition coefficient (Wildman–Crippen LogP) is 6.33. The summed E-state index contributed by atoms with van der Waals surface area (Å²) < 4.78 is 2.42. The first kappa shape index (κ1) is 20.1. The maximum atomic E-state index is 12.7. The van der Waals surface area contributed by atoms with Gasteiger partial charge in [-0.2, -0.15) is 0 Å². The van der Waals surface area contributed by atoms with Crippen LogP contribution in [0.25, 0.3) is 16.9 Å². The Kier molecular flexibility index (Phi) is 5.67. The van der Waals surface area contributed by atoms with Gasteiger partial charge in [-0.05, 0) is 79.5 Å². The van der Waals surface area contributed by atoms with Crippen LogP contribution in [0, 0.1) is 5.92 Å². The molecule has 3 aromatic rings. The third kappa shape index (κ3) is 4.19. The van der Waals surface area contributed by atoms with Gasteiger partial charge in [-0.3, -0.25) is 4.79 Å². The van der Waals surface area contributed by atoms with E-state index < -0.39 is 0 Å².